The molecule has 1 atom stereocenters. The van der Waals surface area contributed by atoms with Crippen LogP contribution < -0.4 is 15.4 Å². The van der Waals surface area contributed by atoms with Crippen LogP contribution in [-0.4, -0.2) is 13.1 Å². The summed E-state index contributed by atoms with van der Waals surface area (Å²) in [5, 5.41) is 5.82. The van der Waals surface area contributed by atoms with E-state index in [4.69, 9.17) is 4.74 Å². The monoisotopic (exact) mass is 298 g/mol. The molecule has 2 rings (SSSR count). The van der Waals surface area contributed by atoms with Gasteiger partial charge in [-0.15, -0.1) is 0 Å². The molecule has 0 heterocycles. The first-order valence-electron chi connectivity index (χ1n) is 7.33. The average Bonchev–Trinajstić information content (AvgIpc) is 2.53. The van der Waals surface area contributed by atoms with Crippen LogP contribution in [0.5, 0.6) is 5.75 Å². The molecule has 0 aliphatic heterocycles. The van der Waals surface area contributed by atoms with Gasteiger partial charge in [0.25, 0.3) is 0 Å². The van der Waals surface area contributed by atoms with Gasteiger partial charge in [-0.05, 0) is 31.0 Å². The van der Waals surface area contributed by atoms with E-state index in [0.717, 1.165) is 16.9 Å². The number of nitrogens with one attached hydrogen (secondary N) is 2. The Balaban J connectivity index is 1.92. The summed E-state index contributed by atoms with van der Waals surface area (Å²) in [5.74, 6) is 0.773. The first-order valence-corrected chi connectivity index (χ1v) is 7.33. The van der Waals surface area contributed by atoms with Crippen LogP contribution in [0.25, 0.3) is 0 Å². The van der Waals surface area contributed by atoms with Crippen LogP contribution in [0.4, 0.5) is 4.79 Å². The Hall–Kier alpha value is -2.49. The number of ether oxygens (including phenoxy) is 1. The molecule has 0 aliphatic carbocycles. The molecule has 2 aromatic rings. The molecule has 0 spiro atoms. The average molecular weight is 298 g/mol. The van der Waals surface area contributed by atoms with Crippen molar-refractivity contribution in [1.29, 1.82) is 0 Å². The number of hydrogen-bond acceptors (Lipinski definition) is 2. The number of hydrogen-bond donors (Lipinski definition) is 2. The zero-order valence-corrected chi connectivity index (χ0v) is 13.2. The molecule has 22 heavy (non-hydrogen) atoms. The van der Waals surface area contributed by atoms with Crippen molar-refractivity contribution in [1.82, 2.24) is 10.6 Å². The largest absolute Gasteiger partial charge is 0.496 e. The van der Waals surface area contributed by atoms with Gasteiger partial charge < -0.3 is 15.4 Å². The van der Waals surface area contributed by atoms with E-state index in [1.807, 2.05) is 62.4 Å². The molecule has 2 aromatic carbocycles. The number of carbonyl (C=O) groups is 1. The standard InChI is InChI=1S/C18H22N2O2/c1-13-8-4-6-10-16(13)14(2)20-18(21)19-12-15-9-5-7-11-17(15)22-3/h4-11,14H,12H2,1-3H3,(H2,19,20,21)/t14-/m0/s1. The molecule has 0 bridgehead atoms. The Morgan fingerprint density at radius 1 is 1.14 bits per heavy atom. The number of carbonyl (C=O) groups excluding carboxylic acids is 1. The number of benzene rings is 2. The van der Waals surface area contributed by atoms with Crippen molar-refractivity contribution in [3.63, 3.8) is 0 Å². The van der Waals surface area contributed by atoms with Crippen LogP contribution in [0.2, 0.25) is 0 Å². The third kappa shape index (κ3) is 4.01. The van der Waals surface area contributed by atoms with Crippen LogP contribution in [0.3, 0.4) is 0 Å². The highest BCUT2D eigenvalue weighted by molar-refractivity contribution is 5.74. The Labute approximate surface area is 131 Å². The SMILES string of the molecule is COc1ccccc1CNC(=O)N[C@@H](C)c1ccccc1C. The van der Waals surface area contributed by atoms with Gasteiger partial charge in [0.2, 0.25) is 0 Å². The lowest BCUT2D eigenvalue weighted by Crippen LogP contribution is -2.36. The van der Waals surface area contributed by atoms with Crippen molar-refractivity contribution < 1.29 is 9.53 Å². The van der Waals surface area contributed by atoms with Crippen molar-refractivity contribution in [3.8, 4) is 5.75 Å². The van der Waals surface area contributed by atoms with E-state index < -0.39 is 0 Å². The maximum Gasteiger partial charge on any atom is 0.315 e. The quantitative estimate of drug-likeness (QED) is 0.886. The number of para-hydroxylation sites is 1. The molecule has 2 amide bonds. The third-order valence-corrected chi connectivity index (χ3v) is 3.63. The Bertz CT molecular complexity index is 640. The van der Waals surface area contributed by atoms with Crippen LogP contribution in [0, 0.1) is 6.92 Å². The molecule has 0 fully saturated rings. The van der Waals surface area contributed by atoms with Crippen molar-refractivity contribution in [3.05, 3.63) is 65.2 Å². The summed E-state index contributed by atoms with van der Waals surface area (Å²) in [6, 6.07) is 15.5. The van der Waals surface area contributed by atoms with Crippen molar-refractivity contribution in [2.75, 3.05) is 7.11 Å². The van der Waals surface area contributed by atoms with Crippen LogP contribution in [0.15, 0.2) is 48.5 Å². The Morgan fingerprint density at radius 3 is 2.55 bits per heavy atom. The van der Waals surface area contributed by atoms with Gasteiger partial charge in [0, 0.05) is 12.1 Å². The number of methoxy groups -OCH3 is 1. The zero-order valence-electron chi connectivity index (χ0n) is 13.2. The van der Waals surface area contributed by atoms with Gasteiger partial charge in [-0.1, -0.05) is 42.5 Å². The summed E-state index contributed by atoms with van der Waals surface area (Å²) in [4.78, 5) is 12.0. The lowest BCUT2D eigenvalue weighted by Gasteiger charge is -2.17. The van der Waals surface area contributed by atoms with Crippen molar-refractivity contribution >= 4 is 6.03 Å². The van der Waals surface area contributed by atoms with E-state index in [0.29, 0.717) is 6.54 Å². The molecule has 0 aromatic heterocycles. The fourth-order valence-electron chi connectivity index (χ4n) is 2.42. The number of amides is 2. The first kappa shape index (κ1) is 15.9. The molecular weight excluding hydrogens is 276 g/mol. The van der Waals surface area contributed by atoms with Gasteiger partial charge in [-0.25, -0.2) is 4.79 Å². The summed E-state index contributed by atoms with van der Waals surface area (Å²) >= 11 is 0. The van der Waals surface area contributed by atoms with Gasteiger partial charge in [0.15, 0.2) is 0 Å². The van der Waals surface area contributed by atoms with E-state index in [1.165, 1.54) is 5.56 Å². The first-order chi connectivity index (χ1) is 10.6. The second-order valence-corrected chi connectivity index (χ2v) is 5.22. The lowest BCUT2D eigenvalue weighted by atomic mass is 10.0. The molecule has 0 unspecified atom stereocenters. The van der Waals surface area contributed by atoms with Gasteiger partial charge in [-0.3, -0.25) is 0 Å². The molecular formula is C18H22N2O2. The number of urea groups is 1. The smallest absolute Gasteiger partial charge is 0.315 e. The molecule has 116 valence electrons. The van der Waals surface area contributed by atoms with E-state index >= 15 is 0 Å². The van der Waals surface area contributed by atoms with Gasteiger partial charge >= 0.3 is 6.03 Å². The zero-order chi connectivity index (χ0) is 15.9. The van der Waals surface area contributed by atoms with Crippen LogP contribution in [0.1, 0.15) is 29.7 Å². The van der Waals surface area contributed by atoms with E-state index in [9.17, 15) is 4.79 Å². The molecule has 0 radical (unpaired) electrons. The minimum absolute atomic E-state index is 0.0427. The number of aryl methyl sites for hydroxylation is 1. The van der Waals surface area contributed by atoms with E-state index in [2.05, 4.69) is 10.6 Å². The normalized spacial score (nSPS) is 11.6. The summed E-state index contributed by atoms with van der Waals surface area (Å²) < 4.78 is 5.27. The summed E-state index contributed by atoms with van der Waals surface area (Å²) in [6.07, 6.45) is 0. The van der Waals surface area contributed by atoms with E-state index in [-0.39, 0.29) is 12.1 Å². The van der Waals surface area contributed by atoms with Crippen LogP contribution >= 0.6 is 0 Å². The van der Waals surface area contributed by atoms with E-state index in [1.54, 1.807) is 7.11 Å². The molecule has 4 heteroatoms. The molecule has 4 nitrogen and oxygen atoms in total. The fourth-order valence-corrected chi connectivity index (χ4v) is 2.42. The molecule has 0 aliphatic rings. The highest BCUT2D eigenvalue weighted by Gasteiger charge is 2.11. The number of rotatable bonds is 5. The molecule has 2 N–H and O–H groups in total. The van der Waals surface area contributed by atoms with Gasteiger partial charge in [0.1, 0.15) is 5.75 Å². The van der Waals surface area contributed by atoms with Crippen molar-refractivity contribution in [2.24, 2.45) is 0 Å². The summed E-state index contributed by atoms with van der Waals surface area (Å²) in [7, 11) is 1.62. The highest BCUT2D eigenvalue weighted by Crippen LogP contribution is 2.18. The van der Waals surface area contributed by atoms with Crippen molar-refractivity contribution in [2.45, 2.75) is 26.4 Å². The Kier molecular flexibility index (Phi) is 5.42. The van der Waals surface area contributed by atoms with Crippen LogP contribution in [-0.2, 0) is 6.54 Å². The molecule has 0 saturated heterocycles. The van der Waals surface area contributed by atoms with Gasteiger partial charge in [0.05, 0.1) is 13.2 Å². The minimum Gasteiger partial charge on any atom is -0.496 e. The topological polar surface area (TPSA) is 50.4 Å². The fraction of sp³-hybridized carbons (Fsp3) is 0.278. The highest BCUT2D eigenvalue weighted by atomic mass is 16.5. The maximum absolute atomic E-state index is 12.0. The second-order valence-electron chi connectivity index (χ2n) is 5.22. The summed E-state index contributed by atoms with van der Waals surface area (Å²) in [6.45, 7) is 4.45. The minimum atomic E-state index is -0.193. The lowest BCUT2D eigenvalue weighted by molar-refractivity contribution is 0.237. The Morgan fingerprint density at radius 2 is 1.82 bits per heavy atom. The summed E-state index contributed by atoms with van der Waals surface area (Å²) in [5.41, 5.74) is 3.23. The predicted molar refractivity (Wildman–Crippen MR) is 88.0 cm³/mol. The second kappa shape index (κ2) is 7.50. The predicted octanol–water partition coefficient (Wildman–Crippen LogP) is 3.56. The maximum atomic E-state index is 12.0. The molecule has 0 saturated carbocycles. The third-order valence-electron chi connectivity index (χ3n) is 3.63. The van der Waals surface area contributed by atoms with Gasteiger partial charge in [-0.2, -0.15) is 0 Å².